The molecule has 0 saturated carbocycles. The van der Waals surface area contributed by atoms with Gasteiger partial charge in [-0.15, -0.1) is 11.3 Å². The van der Waals surface area contributed by atoms with Gasteiger partial charge in [-0.3, -0.25) is 0 Å². The van der Waals surface area contributed by atoms with Gasteiger partial charge in [-0.2, -0.15) is 0 Å². The Morgan fingerprint density at radius 1 is 1.30 bits per heavy atom. The molecule has 0 fully saturated rings. The molecule has 1 heterocycles. The number of ether oxygens (including phenoxy) is 1. The molecule has 0 atom stereocenters. The van der Waals surface area contributed by atoms with Crippen molar-refractivity contribution in [3.8, 4) is 17.0 Å². The van der Waals surface area contributed by atoms with Crippen molar-refractivity contribution < 1.29 is 4.74 Å². The molecule has 20 heavy (non-hydrogen) atoms. The van der Waals surface area contributed by atoms with Crippen molar-refractivity contribution in [3.05, 3.63) is 34.2 Å². The van der Waals surface area contributed by atoms with E-state index in [-0.39, 0.29) is 5.41 Å². The topological polar surface area (TPSA) is 48.1 Å². The third-order valence-electron chi connectivity index (χ3n) is 3.11. The molecule has 2 aromatic rings. The molecule has 1 aromatic heterocycles. The first kappa shape index (κ1) is 15.0. The second kappa shape index (κ2) is 5.94. The number of rotatable bonds is 4. The van der Waals surface area contributed by atoms with Crippen LogP contribution in [-0.4, -0.2) is 11.6 Å². The van der Waals surface area contributed by atoms with Crippen molar-refractivity contribution in [3.63, 3.8) is 0 Å². The van der Waals surface area contributed by atoms with Crippen LogP contribution >= 0.6 is 11.3 Å². The van der Waals surface area contributed by atoms with Crippen LogP contribution in [0.25, 0.3) is 11.3 Å². The third kappa shape index (κ3) is 3.19. The zero-order chi connectivity index (χ0) is 14.8. The quantitative estimate of drug-likeness (QED) is 0.927. The van der Waals surface area contributed by atoms with Crippen LogP contribution < -0.4 is 10.5 Å². The summed E-state index contributed by atoms with van der Waals surface area (Å²) in [7, 11) is 0. The summed E-state index contributed by atoms with van der Waals surface area (Å²) in [6.45, 7) is 9.77. The van der Waals surface area contributed by atoms with Gasteiger partial charge in [0.2, 0.25) is 0 Å². The van der Waals surface area contributed by atoms with Crippen molar-refractivity contribution in [2.45, 2.75) is 39.7 Å². The van der Waals surface area contributed by atoms with Gasteiger partial charge in [-0.05, 0) is 30.5 Å². The number of hydrogen-bond donors (Lipinski definition) is 1. The van der Waals surface area contributed by atoms with Crippen LogP contribution in [0.2, 0.25) is 0 Å². The highest BCUT2D eigenvalue weighted by Gasteiger charge is 2.20. The second-order valence-electron chi connectivity index (χ2n) is 5.72. The van der Waals surface area contributed by atoms with E-state index in [1.54, 1.807) is 11.3 Å². The fourth-order valence-electron chi connectivity index (χ4n) is 2.09. The fourth-order valence-corrected chi connectivity index (χ4v) is 2.78. The van der Waals surface area contributed by atoms with Crippen molar-refractivity contribution in [1.82, 2.24) is 4.98 Å². The van der Waals surface area contributed by atoms with Gasteiger partial charge < -0.3 is 10.5 Å². The van der Waals surface area contributed by atoms with Crippen LogP contribution in [-0.2, 0) is 12.0 Å². The van der Waals surface area contributed by atoms with Crippen molar-refractivity contribution in [2.75, 3.05) is 6.61 Å². The maximum Gasteiger partial charge on any atom is 0.123 e. The largest absolute Gasteiger partial charge is 0.494 e. The van der Waals surface area contributed by atoms with E-state index in [2.05, 4.69) is 43.3 Å². The highest BCUT2D eigenvalue weighted by Crippen LogP contribution is 2.35. The minimum Gasteiger partial charge on any atom is -0.494 e. The summed E-state index contributed by atoms with van der Waals surface area (Å²) in [5.74, 6) is 0.957. The van der Waals surface area contributed by atoms with Gasteiger partial charge in [0.1, 0.15) is 10.8 Å². The van der Waals surface area contributed by atoms with Gasteiger partial charge in [0.25, 0.3) is 0 Å². The lowest BCUT2D eigenvalue weighted by atomic mass is 9.85. The third-order valence-corrected chi connectivity index (χ3v) is 3.98. The Kier molecular flexibility index (Phi) is 4.45. The van der Waals surface area contributed by atoms with E-state index in [9.17, 15) is 0 Å². The lowest BCUT2D eigenvalue weighted by molar-refractivity contribution is 0.330. The molecule has 0 saturated heterocycles. The SMILES string of the molecule is CCOc1ccc(-c2csc(CN)n2)cc1C(C)(C)C. The highest BCUT2D eigenvalue weighted by atomic mass is 32.1. The van der Waals surface area contributed by atoms with Gasteiger partial charge >= 0.3 is 0 Å². The normalized spacial score (nSPS) is 11.7. The van der Waals surface area contributed by atoms with Crippen LogP contribution in [0.3, 0.4) is 0 Å². The van der Waals surface area contributed by atoms with E-state index in [0.29, 0.717) is 13.2 Å². The molecule has 2 rings (SSSR count). The molecule has 0 unspecified atom stereocenters. The summed E-state index contributed by atoms with van der Waals surface area (Å²) in [6.07, 6.45) is 0. The number of nitrogens with zero attached hydrogens (tertiary/aromatic N) is 1. The minimum atomic E-state index is 0.0350. The van der Waals surface area contributed by atoms with Crippen LogP contribution in [0.1, 0.15) is 38.3 Å². The Morgan fingerprint density at radius 3 is 2.60 bits per heavy atom. The molecule has 0 aliphatic rings. The summed E-state index contributed by atoms with van der Waals surface area (Å²) >= 11 is 1.60. The summed E-state index contributed by atoms with van der Waals surface area (Å²) in [4.78, 5) is 4.55. The molecule has 0 aliphatic heterocycles. The van der Waals surface area contributed by atoms with E-state index >= 15 is 0 Å². The monoisotopic (exact) mass is 290 g/mol. The van der Waals surface area contributed by atoms with Gasteiger partial charge in [-0.1, -0.05) is 20.8 Å². The van der Waals surface area contributed by atoms with Crippen molar-refractivity contribution >= 4 is 11.3 Å². The average molecular weight is 290 g/mol. The standard InChI is InChI=1S/C16H22N2OS/c1-5-19-14-7-6-11(8-12(14)16(2,3)4)13-10-20-15(9-17)18-13/h6-8,10H,5,9,17H2,1-4H3. The first-order valence-corrected chi connectivity index (χ1v) is 7.76. The molecule has 1 aromatic carbocycles. The molecule has 0 amide bonds. The molecule has 0 radical (unpaired) electrons. The van der Waals surface area contributed by atoms with Crippen molar-refractivity contribution in [1.29, 1.82) is 0 Å². The van der Waals surface area contributed by atoms with E-state index in [1.807, 2.05) is 13.0 Å². The molecule has 2 N–H and O–H groups in total. The molecule has 3 nitrogen and oxygen atoms in total. The van der Waals surface area contributed by atoms with Crippen LogP contribution in [0, 0.1) is 0 Å². The number of nitrogens with two attached hydrogens (primary N) is 1. The molecule has 108 valence electrons. The van der Waals surface area contributed by atoms with Crippen LogP contribution in [0.5, 0.6) is 5.75 Å². The Hall–Kier alpha value is -1.39. The van der Waals surface area contributed by atoms with E-state index in [0.717, 1.165) is 22.0 Å². The second-order valence-corrected chi connectivity index (χ2v) is 6.67. The summed E-state index contributed by atoms with van der Waals surface area (Å²) < 4.78 is 5.74. The smallest absolute Gasteiger partial charge is 0.123 e. The maximum atomic E-state index is 5.74. The Morgan fingerprint density at radius 2 is 2.05 bits per heavy atom. The van der Waals surface area contributed by atoms with E-state index in [4.69, 9.17) is 10.5 Å². The fraction of sp³-hybridized carbons (Fsp3) is 0.438. The Balaban J connectivity index is 2.46. The van der Waals surface area contributed by atoms with Gasteiger partial charge in [0.15, 0.2) is 0 Å². The van der Waals surface area contributed by atoms with Crippen LogP contribution in [0.4, 0.5) is 0 Å². The van der Waals surface area contributed by atoms with Gasteiger partial charge in [0, 0.05) is 23.1 Å². The van der Waals surface area contributed by atoms with E-state index < -0.39 is 0 Å². The lowest BCUT2D eigenvalue weighted by Gasteiger charge is -2.23. The Bertz CT molecular complexity index is 584. The Labute approximate surface area is 124 Å². The number of benzene rings is 1. The first-order valence-electron chi connectivity index (χ1n) is 6.88. The summed E-state index contributed by atoms with van der Waals surface area (Å²) in [5, 5.41) is 3.02. The molecule has 0 bridgehead atoms. The molecule has 4 heteroatoms. The van der Waals surface area contributed by atoms with Crippen molar-refractivity contribution in [2.24, 2.45) is 5.73 Å². The number of thiazole rings is 1. The molecule has 0 spiro atoms. The summed E-state index contributed by atoms with van der Waals surface area (Å²) in [6, 6.07) is 6.29. The highest BCUT2D eigenvalue weighted by molar-refractivity contribution is 7.09. The zero-order valence-corrected chi connectivity index (χ0v) is 13.4. The zero-order valence-electron chi connectivity index (χ0n) is 12.6. The average Bonchev–Trinajstić information content (AvgIpc) is 2.87. The van der Waals surface area contributed by atoms with E-state index in [1.165, 1.54) is 5.56 Å². The molecule has 0 aliphatic carbocycles. The van der Waals surface area contributed by atoms with Gasteiger partial charge in [0.05, 0.1) is 12.3 Å². The van der Waals surface area contributed by atoms with Gasteiger partial charge in [-0.25, -0.2) is 4.98 Å². The molecular formula is C16H22N2OS. The predicted molar refractivity (Wildman–Crippen MR) is 85.3 cm³/mol. The lowest BCUT2D eigenvalue weighted by Crippen LogP contribution is -2.13. The number of aromatic nitrogens is 1. The molecular weight excluding hydrogens is 268 g/mol. The van der Waals surface area contributed by atoms with Crippen LogP contribution in [0.15, 0.2) is 23.6 Å². The maximum absolute atomic E-state index is 5.74. The number of hydrogen-bond acceptors (Lipinski definition) is 4. The first-order chi connectivity index (χ1) is 9.45. The predicted octanol–water partition coefficient (Wildman–Crippen LogP) is 3.97. The summed E-state index contributed by atoms with van der Waals surface area (Å²) in [5.41, 5.74) is 8.98. The minimum absolute atomic E-state index is 0.0350.